The number of hydrogen-bond donors (Lipinski definition) is 1. The molecule has 0 spiro atoms. The van der Waals surface area contributed by atoms with Crippen LogP contribution in [0.25, 0.3) is 0 Å². The third-order valence-electron chi connectivity index (χ3n) is 3.88. The van der Waals surface area contributed by atoms with Crippen LogP contribution in [0.2, 0.25) is 10.0 Å². The van der Waals surface area contributed by atoms with Crippen LogP contribution in [0.3, 0.4) is 0 Å². The minimum atomic E-state index is -3.81. The second-order valence-electron chi connectivity index (χ2n) is 5.75. The molecule has 1 N–H and O–H groups in total. The van der Waals surface area contributed by atoms with Gasteiger partial charge >= 0.3 is 0 Å². The minimum Gasteiger partial charge on any atom is -0.322 e. The summed E-state index contributed by atoms with van der Waals surface area (Å²) in [7, 11) is -1.04. The lowest BCUT2D eigenvalue weighted by Gasteiger charge is -2.15. The average Bonchev–Trinajstić information content (AvgIpc) is 2.51. The molecule has 5 nitrogen and oxygen atoms in total. The van der Waals surface area contributed by atoms with E-state index in [0.717, 1.165) is 15.4 Å². The zero-order valence-corrected chi connectivity index (χ0v) is 16.6. The number of rotatable bonds is 4. The maximum absolute atomic E-state index is 12.6. The van der Waals surface area contributed by atoms with E-state index >= 15 is 0 Å². The van der Waals surface area contributed by atoms with Gasteiger partial charge in [0.05, 0.1) is 15.6 Å². The predicted octanol–water partition coefficient (Wildman–Crippen LogP) is 4.11. The van der Waals surface area contributed by atoms with Crippen LogP contribution in [-0.4, -0.2) is 32.7 Å². The third-order valence-corrected chi connectivity index (χ3v) is 6.47. The van der Waals surface area contributed by atoms with Crippen LogP contribution < -0.4 is 5.32 Å². The molecule has 2 aromatic carbocycles. The lowest BCUT2D eigenvalue weighted by atomic mass is 10.1. The Hall–Kier alpha value is -1.60. The second-order valence-corrected chi connectivity index (χ2v) is 8.69. The van der Waals surface area contributed by atoms with Gasteiger partial charge in [-0.05, 0) is 43.2 Å². The quantitative estimate of drug-likeness (QED) is 0.839. The number of sulfonamides is 1. The number of carbonyl (C=O) groups is 1. The van der Waals surface area contributed by atoms with Crippen LogP contribution >= 0.6 is 23.2 Å². The number of anilines is 1. The zero-order valence-electron chi connectivity index (χ0n) is 14.2. The molecule has 134 valence electrons. The van der Waals surface area contributed by atoms with Crippen molar-refractivity contribution in [1.29, 1.82) is 0 Å². The number of aryl methyl sites for hydroxylation is 1. The van der Waals surface area contributed by atoms with Crippen LogP contribution in [0, 0.1) is 13.8 Å². The van der Waals surface area contributed by atoms with Crippen LogP contribution in [0.1, 0.15) is 21.5 Å². The average molecular weight is 401 g/mol. The Morgan fingerprint density at radius 3 is 2.32 bits per heavy atom. The van der Waals surface area contributed by atoms with Crippen molar-refractivity contribution in [2.24, 2.45) is 0 Å². The summed E-state index contributed by atoms with van der Waals surface area (Å²) in [6, 6.07) is 7.98. The summed E-state index contributed by atoms with van der Waals surface area (Å²) in [6.45, 7) is 3.82. The van der Waals surface area contributed by atoms with Gasteiger partial charge in [-0.15, -0.1) is 0 Å². The molecule has 0 saturated heterocycles. The standard InChI is InChI=1S/C17H18Cl2N2O3S/c1-10-6-5-7-15(11(10)2)20-17(22)12-8-16(14(19)9-13(12)18)25(23,24)21(3)4/h5-9H,1-4H3,(H,20,22). The topological polar surface area (TPSA) is 66.5 Å². The Kier molecular flexibility index (Phi) is 5.79. The summed E-state index contributed by atoms with van der Waals surface area (Å²) in [5.74, 6) is -0.509. The Morgan fingerprint density at radius 1 is 1.08 bits per heavy atom. The van der Waals surface area contributed by atoms with Crippen molar-refractivity contribution in [3.05, 3.63) is 57.1 Å². The molecule has 1 amide bonds. The van der Waals surface area contributed by atoms with Gasteiger partial charge in [-0.2, -0.15) is 0 Å². The smallest absolute Gasteiger partial charge is 0.257 e. The van der Waals surface area contributed by atoms with E-state index in [1.807, 2.05) is 26.0 Å². The molecule has 2 aromatic rings. The number of carbonyl (C=O) groups excluding carboxylic acids is 1. The highest BCUT2D eigenvalue weighted by Crippen LogP contribution is 2.31. The number of nitrogens with zero attached hydrogens (tertiary/aromatic N) is 1. The summed E-state index contributed by atoms with van der Waals surface area (Å²) < 4.78 is 25.7. The third kappa shape index (κ3) is 3.98. The Labute approximate surface area is 157 Å². The first-order chi connectivity index (χ1) is 11.6. The molecular weight excluding hydrogens is 383 g/mol. The lowest BCUT2D eigenvalue weighted by molar-refractivity contribution is 0.102. The molecule has 0 aliphatic heterocycles. The van der Waals surface area contributed by atoms with E-state index in [2.05, 4.69) is 5.32 Å². The van der Waals surface area contributed by atoms with Gasteiger partial charge in [0.15, 0.2) is 0 Å². The molecular formula is C17H18Cl2N2O3S. The predicted molar refractivity (Wildman–Crippen MR) is 101 cm³/mol. The van der Waals surface area contributed by atoms with Gasteiger partial charge < -0.3 is 5.32 Å². The van der Waals surface area contributed by atoms with E-state index in [4.69, 9.17) is 23.2 Å². The molecule has 0 aromatic heterocycles. The lowest BCUT2D eigenvalue weighted by Crippen LogP contribution is -2.23. The number of amides is 1. The molecule has 8 heteroatoms. The van der Waals surface area contributed by atoms with Crippen molar-refractivity contribution in [3.63, 3.8) is 0 Å². The molecule has 25 heavy (non-hydrogen) atoms. The Balaban J connectivity index is 2.49. The molecule has 0 aliphatic rings. The van der Waals surface area contributed by atoms with Crippen molar-refractivity contribution in [2.45, 2.75) is 18.7 Å². The van der Waals surface area contributed by atoms with Crippen LogP contribution in [-0.2, 0) is 10.0 Å². The zero-order chi connectivity index (χ0) is 18.9. The Morgan fingerprint density at radius 2 is 1.72 bits per heavy atom. The minimum absolute atomic E-state index is 0.0346. The SMILES string of the molecule is Cc1cccc(NC(=O)c2cc(S(=O)(=O)N(C)C)c(Cl)cc2Cl)c1C. The highest BCUT2D eigenvalue weighted by molar-refractivity contribution is 7.89. The van der Waals surface area contributed by atoms with Crippen molar-refractivity contribution in [1.82, 2.24) is 4.31 Å². The second kappa shape index (κ2) is 7.33. The summed E-state index contributed by atoms with van der Waals surface area (Å²) in [6.07, 6.45) is 0. The summed E-state index contributed by atoms with van der Waals surface area (Å²) in [4.78, 5) is 12.4. The Bertz CT molecular complexity index is 941. The van der Waals surface area contributed by atoms with Crippen LogP contribution in [0.5, 0.6) is 0 Å². The van der Waals surface area contributed by atoms with Crippen molar-refractivity contribution < 1.29 is 13.2 Å². The first-order valence-electron chi connectivity index (χ1n) is 7.35. The first-order valence-corrected chi connectivity index (χ1v) is 9.54. The van der Waals surface area contributed by atoms with Gasteiger partial charge in [-0.3, -0.25) is 4.79 Å². The molecule has 0 saturated carbocycles. The number of hydrogen-bond acceptors (Lipinski definition) is 3. The summed E-state index contributed by atoms with van der Waals surface area (Å²) in [5, 5.41) is 2.80. The van der Waals surface area contributed by atoms with Crippen LogP contribution in [0.4, 0.5) is 5.69 Å². The fraction of sp³-hybridized carbons (Fsp3) is 0.235. The molecule has 0 bridgehead atoms. The van der Waals surface area contributed by atoms with Gasteiger partial charge in [0.1, 0.15) is 4.90 Å². The molecule has 0 aliphatic carbocycles. The molecule has 0 unspecified atom stereocenters. The van der Waals surface area contributed by atoms with E-state index < -0.39 is 15.9 Å². The highest BCUT2D eigenvalue weighted by atomic mass is 35.5. The monoisotopic (exact) mass is 400 g/mol. The highest BCUT2D eigenvalue weighted by Gasteiger charge is 2.24. The molecule has 0 radical (unpaired) electrons. The maximum atomic E-state index is 12.6. The van der Waals surface area contributed by atoms with Gasteiger partial charge in [0.25, 0.3) is 5.91 Å². The van der Waals surface area contributed by atoms with E-state index in [1.165, 1.54) is 26.2 Å². The number of nitrogens with one attached hydrogen (secondary N) is 1. The van der Waals surface area contributed by atoms with Crippen molar-refractivity contribution in [3.8, 4) is 0 Å². The van der Waals surface area contributed by atoms with Gasteiger partial charge in [-0.25, -0.2) is 12.7 Å². The normalized spacial score (nSPS) is 11.6. The molecule has 2 rings (SSSR count). The van der Waals surface area contributed by atoms with Crippen molar-refractivity contribution in [2.75, 3.05) is 19.4 Å². The molecule has 0 heterocycles. The fourth-order valence-electron chi connectivity index (χ4n) is 2.17. The molecule has 0 fully saturated rings. The number of halogens is 2. The van der Waals surface area contributed by atoms with Gasteiger partial charge in [0, 0.05) is 19.8 Å². The maximum Gasteiger partial charge on any atom is 0.257 e. The molecule has 0 atom stereocenters. The fourth-order valence-corrected chi connectivity index (χ4v) is 3.90. The van der Waals surface area contributed by atoms with Gasteiger partial charge in [0.2, 0.25) is 10.0 Å². The van der Waals surface area contributed by atoms with E-state index in [1.54, 1.807) is 6.07 Å². The van der Waals surface area contributed by atoms with E-state index in [9.17, 15) is 13.2 Å². The summed E-state index contributed by atoms with van der Waals surface area (Å²) >= 11 is 12.1. The van der Waals surface area contributed by atoms with Crippen molar-refractivity contribution >= 4 is 44.8 Å². The largest absolute Gasteiger partial charge is 0.322 e. The summed E-state index contributed by atoms with van der Waals surface area (Å²) in [5.41, 5.74) is 2.61. The van der Waals surface area contributed by atoms with E-state index in [-0.39, 0.29) is 20.5 Å². The van der Waals surface area contributed by atoms with Crippen LogP contribution in [0.15, 0.2) is 35.2 Å². The first kappa shape index (κ1) is 19.7. The van der Waals surface area contributed by atoms with E-state index in [0.29, 0.717) is 5.69 Å². The number of benzene rings is 2. The van der Waals surface area contributed by atoms with Gasteiger partial charge in [-0.1, -0.05) is 35.3 Å².